The molecule has 3 nitrogen and oxygen atoms in total. The highest BCUT2D eigenvalue weighted by atomic mass is 79.9. The van der Waals surface area contributed by atoms with Gasteiger partial charge in [0.15, 0.2) is 0 Å². The van der Waals surface area contributed by atoms with Gasteiger partial charge in [0.1, 0.15) is 5.75 Å². The van der Waals surface area contributed by atoms with Crippen LogP contribution in [0, 0.1) is 0 Å². The summed E-state index contributed by atoms with van der Waals surface area (Å²) >= 11 is 2.93. The van der Waals surface area contributed by atoms with Gasteiger partial charge in [-0.25, -0.2) is 8.78 Å². The Bertz CT molecular complexity index is 424. The smallest absolute Gasteiger partial charge is 0.405 e. The molecular formula is C9H7BrF5NO2. The zero-order valence-corrected chi connectivity index (χ0v) is 10.2. The molecule has 0 unspecified atom stereocenters. The van der Waals surface area contributed by atoms with Gasteiger partial charge in [0.25, 0.3) is 6.43 Å². The van der Waals surface area contributed by atoms with Gasteiger partial charge in [-0.2, -0.15) is 0 Å². The van der Waals surface area contributed by atoms with Crippen molar-refractivity contribution in [2.45, 2.75) is 24.7 Å². The normalized spacial score (nSPS) is 12.0. The highest BCUT2D eigenvalue weighted by molar-refractivity contribution is 9.08. The number of alkyl halides is 6. The molecule has 1 rings (SSSR count). The van der Waals surface area contributed by atoms with Crippen molar-refractivity contribution in [2.24, 2.45) is 0 Å². The average molecular weight is 336 g/mol. The van der Waals surface area contributed by atoms with Crippen molar-refractivity contribution in [1.82, 2.24) is 4.98 Å². The summed E-state index contributed by atoms with van der Waals surface area (Å²) in [5, 5.41) is 8.98. The molecule has 0 aliphatic heterocycles. The Morgan fingerprint density at radius 3 is 2.39 bits per heavy atom. The van der Waals surface area contributed by atoms with Crippen LogP contribution >= 0.6 is 15.9 Å². The molecule has 0 saturated carbocycles. The molecule has 1 heterocycles. The number of nitrogens with zero attached hydrogens (tertiary/aromatic N) is 1. The van der Waals surface area contributed by atoms with Crippen LogP contribution in [0.4, 0.5) is 22.0 Å². The lowest BCUT2D eigenvalue weighted by atomic mass is 10.1. The highest BCUT2D eigenvalue weighted by Crippen LogP contribution is 2.37. The van der Waals surface area contributed by atoms with Gasteiger partial charge in [0, 0.05) is 17.1 Å². The number of aliphatic hydroxyl groups is 1. The first-order chi connectivity index (χ1) is 8.30. The first kappa shape index (κ1) is 15.1. The van der Waals surface area contributed by atoms with Crippen molar-refractivity contribution in [1.29, 1.82) is 0 Å². The third-order valence-corrected chi connectivity index (χ3v) is 2.51. The van der Waals surface area contributed by atoms with Crippen molar-refractivity contribution >= 4 is 15.9 Å². The fraction of sp³-hybridized carbons (Fsp3) is 0.444. The van der Waals surface area contributed by atoms with Gasteiger partial charge in [-0.15, -0.1) is 13.2 Å². The summed E-state index contributed by atoms with van der Waals surface area (Å²) in [6.45, 7) is -0.889. The van der Waals surface area contributed by atoms with Crippen LogP contribution in [0.3, 0.4) is 0 Å². The minimum Gasteiger partial charge on any atom is -0.405 e. The Morgan fingerprint density at radius 1 is 1.39 bits per heavy atom. The van der Waals surface area contributed by atoms with Crippen molar-refractivity contribution in [2.75, 3.05) is 0 Å². The van der Waals surface area contributed by atoms with Crippen LogP contribution in [-0.4, -0.2) is 16.5 Å². The van der Waals surface area contributed by atoms with E-state index in [1.165, 1.54) is 0 Å². The van der Waals surface area contributed by atoms with E-state index < -0.39 is 36.3 Å². The van der Waals surface area contributed by atoms with Crippen molar-refractivity contribution in [3.8, 4) is 5.75 Å². The zero-order chi connectivity index (χ0) is 13.9. The van der Waals surface area contributed by atoms with E-state index in [2.05, 4.69) is 25.7 Å². The van der Waals surface area contributed by atoms with Crippen LogP contribution in [-0.2, 0) is 11.9 Å². The minimum absolute atomic E-state index is 0.000624. The summed E-state index contributed by atoms with van der Waals surface area (Å²) in [5.74, 6) is -1.09. The number of aromatic nitrogens is 1. The number of pyridine rings is 1. The molecule has 0 aliphatic carbocycles. The van der Waals surface area contributed by atoms with Crippen LogP contribution in [0.2, 0.25) is 0 Å². The molecular weight excluding hydrogens is 329 g/mol. The third kappa shape index (κ3) is 3.52. The second-order valence-corrected chi connectivity index (χ2v) is 3.67. The molecule has 0 aliphatic rings. The fourth-order valence-corrected chi connectivity index (χ4v) is 1.74. The summed E-state index contributed by atoms with van der Waals surface area (Å²) in [4.78, 5) is 3.55. The van der Waals surface area contributed by atoms with Gasteiger partial charge < -0.3 is 9.84 Å². The molecule has 0 atom stereocenters. The van der Waals surface area contributed by atoms with Crippen LogP contribution in [0.1, 0.15) is 23.2 Å². The number of hydrogen-bond donors (Lipinski definition) is 1. The van der Waals surface area contributed by atoms with Crippen molar-refractivity contribution in [3.63, 3.8) is 0 Å². The Hall–Kier alpha value is -0.960. The third-order valence-electron chi connectivity index (χ3n) is 1.98. The summed E-state index contributed by atoms with van der Waals surface area (Å²) in [6.07, 6.45) is -7.72. The van der Waals surface area contributed by atoms with E-state index in [-0.39, 0.29) is 11.0 Å². The molecule has 0 saturated heterocycles. The lowest BCUT2D eigenvalue weighted by molar-refractivity contribution is -0.275. The van der Waals surface area contributed by atoms with E-state index in [1.807, 2.05) is 0 Å². The minimum atomic E-state index is -5.13. The Labute approximate surface area is 107 Å². The molecule has 0 fully saturated rings. The molecule has 1 aromatic heterocycles. The van der Waals surface area contributed by atoms with E-state index in [9.17, 15) is 22.0 Å². The molecule has 0 amide bonds. The molecule has 0 aromatic carbocycles. The van der Waals surface area contributed by atoms with E-state index in [1.54, 1.807) is 0 Å². The second-order valence-electron chi connectivity index (χ2n) is 3.11. The molecule has 1 aromatic rings. The summed E-state index contributed by atoms with van der Waals surface area (Å²) < 4.78 is 65.2. The molecule has 1 N–H and O–H groups in total. The first-order valence-corrected chi connectivity index (χ1v) is 5.63. The monoisotopic (exact) mass is 335 g/mol. The molecule has 102 valence electrons. The van der Waals surface area contributed by atoms with Gasteiger partial charge >= 0.3 is 6.36 Å². The quantitative estimate of drug-likeness (QED) is 0.678. The van der Waals surface area contributed by atoms with Gasteiger partial charge in [-0.05, 0) is 0 Å². The predicted octanol–water partition coefficient (Wildman–Crippen LogP) is 3.31. The Kier molecular flexibility index (Phi) is 4.85. The van der Waals surface area contributed by atoms with E-state index in [0.717, 1.165) is 0 Å². The number of halogens is 6. The molecule has 0 spiro atoms. The van der Waals surface area contributed by atoms with Gasteiger partial charge in [-0.3, -0.25) is 4.98 Å². The number of ether oxygens (including phenoxy) is 1. The van der Waals surface area contributed by atoms with Crippen LogP contribution in [0.5, 0.6) is 5.75 Å². The summed E-state index contributed by atoms with van der Waals surface area (Å²) in [5.41, 5.74) is -1.43. The van der Waals surface area contributed by atoms with E-state index in [4.69, 9.17) is 5.11 Å². The maximum atomic E-state index is 12.6. The predicted molar refractivity (Wildman–Crippen MR) is 54.4 cm³/mol. The molecule has 0 bridgehead atoms. The maximum Gasteiger partial charge on any atom is 0.573 e. The molecule has 18 heavy (non-hydrogen) atoms. The van der Waals surface area contributed by atoms with Gasteiger partial charge in [0.05, 0.1) is 17.9 Å². The van der Waals surface area contributed by atoms with Crippen molar-refractivity contribution in [3.05, 3.63) is 23.0 Å². The number of hydrogen-bond acceptors (Lipinski definition) is 3. The lowest BCUT2D eigenvalue weighted by Crippen LogP contribution is -2.20. The van der Waals surface area contributed by atoms with E-state index >= 15 is 0 Å². The Morgan fingerprint density at radius 2 is 2.00 bits per heavy atom. The van der Waals surface area contributed by atoms with E-state index in [0.29, 0.717) is 6.20 Å². The average Bonchev–Trinajstić information content (AvgIpc) is 2.25. The first-order valence-electron chi connectivity index (χ1n) is 4.51. The van der Waals surface area contributed by atoms with Gasteiger partial charge in [0.2, 0.25) is 0 Å². The largest absolute Gasteiger partial charge is 0.573 e. The molecule has 0 radical (unpaired) electrons. The Balaban J connectivity index is 3.38. The zero-order valence-electron chi connectivity index (χ0n) is 8.64. The fourth-order valence-electron chi connectivity index (χ4n) is 1.26. The maximum absolute atomic E-state index is 12.6. The van der Waals surface area contributed by atoms with Crippen molar-refractivity contribution < 1.29 is 31.8 Å². The number of rotatable bonds is 4. The topological polar surface area (TPSA) is 42.4 Å². The summed E-state index contributed by atoms with van der Waals surface area (Å²) in [6, 6.07) is 0. The van der Waals surface area contributed by atoms with Crippen LogP contribution in [0.15, 0.2) is 6.20 Å². The SMILES string of the molecule is OCc1c(CBr)ncc(C(F)F)c1OC(F)(F)F. The standard InChI is InChI=1S/C9H7BrF5NO2/c10-1-6-5(3-17)7(18-9(13,14)15)4(2-16-6)8(11)12/h2,8,17H,1,3H2. The second kappa shape index (κ2) is 5.79. The van der Waals surface area contributed by atoms with Crippen LogP contribution < -0.4 is 4.74 Å². The van der Waals surface area contributed by atoms with Gasteiger partial charge in [-0.1, -0.05) is 15.9 Å². The summed E-state index contributed by atoms with van der Waals surface area (Å²) in [7, 11) is 0. The van der Waals surface area contributed by atoms with Crippen LogP contribution in [0.25, 0.3) is 0 Å². The number of aliphatic hydroxyl groups excluding tert-OH is 1. The molecule has 9 heteroatoms. The highest BCUT2D eigenvalue weighted by Gasteiger charge is 2.35. The lowest BCUT2D eigenvalue weighted by Gasteiger charge is -2.17.